The summed E-state index contributed by atoms with van der Waals surface area (Å²) in [5.74, 6) is 0.224. The summed E-state index contributed by atoms with van der Waals surface area (Å²) < 4.78 is 42.0. The number of alkyl halides is 4. The Morgan fingerprint density at radius 3 is 2.56 bits per heavy atom. The lowest BCUT2D eigenvalue weighted by Gasteiger charge is -2.23. The van der Waals surface area contributed by atoms with E-state index in [1.165, 1.54) is 4.90 Å². The summed E-state index contributed by atoms with van der Waals surface area (Å²) in [4.78, 5) is 1.34. The molecule has 1 saturated heterocycles. The molecule has 1 aliphatic rings. The highest BCUT2D eigenvalue weighted by molar-refractivity contribution is 6.18. The molecule has 1 fully saturated rings. The molecule has 1 unspecified atom stereocenters. The van der Waals surface area contributed by atoms with Crippen molar-refractivity contribution in [2.45, 2.75) is 31.5 Å². The first-order chi connectivity index (χ1) is 7.51. The lowest BCUT2D eigenvalue weighted by molar-refractivity contribution is -0.146. The number of hydrogen-bond donors (Lipinski definition) is 0. The van der Waals surface area contributed by atoms with Crippen LogP contribution in [0.5, 0.6) is 0 Å². The van der Waals surface area contributed by atoms with Crippen LogP contribution in [0.1, 0.15) is 19.3 Å². The molecular weight excluding hydrogens is 243 g/mol. The predicted octanol–water partition coefficient (Wildman–Crippen LogP) is 2.66. The third-order valence-electron chi connectivity index (χ3n) is 2.59. The Bertz CT molecular complexity index is 195. The number of ether oxygens (including phenoxy) is 1. The van der Waals surface area contributed by atoms with E-state index in [1.807, 2.05) is 0 Å². The minimum atomic E-state index is -4.15. The average molecular weight is 260 g/mol. The molecule has 0 spiro atoms. The first kappa shape index (κ1) is 14.1. The van der Waals surface area contributed by atoms with E-state index in [0.717, 1.165) is 19.4 Å². The van der Waals surface area contributed by atoms with Gasteiger partial charge in [-0.15, -0.1) is 11.6 Å². The third kappa shape index (κ3) is 5.92. The minimum absolute atomic E-state index is 0.131. The molecule has 0 aromatic rings. The van der Waals surface area contributed by atoms with Crippen LogP contribution in [0, 0.1) is 0 Å². The highest BCUT2D eigenvalue weighted by atomic mass is 35.5. The first-order valence-corrected chi connectivity index (χ1v) is 6.01. The van der Waals surface area contributed by atoms with Gasteiger partial charge in [-0.05, 0) is 19.3 Å². The second-order valence-corrected chi connectivity index (χ2v) is 4.38. The Morgan fingerprint density at radius 2 is 2.06 bits per heavy atom. The van der Waals surface area contributed by atoms with Crippen LogP contribution in [-0.4, -0.2) is 49.3 Å². The van der Waals surface area contributed by atoms with Crippen LogP contribution >= 0.6 is 11.6 Å². The number of rotatable bonds is 6. The van der Waals surface area contributed by atoms with Crippen LogP contribution in [0.2, 0.25) is 0 Å². The van der Waals surface area contributed by atoms with Gasteiger partial charge in [-0.3, -0.25) is 4.90 Å². The van der Waals surface area contributed by atoms with Crippen LogP contribution in [0.15, 0.2) is 0 Å². The van der Waals surface area contributed by atoms with Gasteiger partial charge in [0.1, 0.15) is 0 Å². The standard InChI is InChI=1S/C10H17ClF3NO/c11-4-6-15(8-10(12,13)14)5-3-9-2-1-7-16-9/h9H,1-8H2. The van der Waals surface area contributed by atoms with E-state index in [-0.39, 0.29) is 18.5 Å². The molecule has 2 nitrogen and oxygen atoms in total. The monoisotopic (exact) mass is 259 g/mol. The summed E-state index contributed by atoms with van der Waals surface area (Å²) in [7, 11) is 0. The Morgan fingerprint density at radius 1 is 1.31 bits per heavy atom. The molecule has 1 atom stereocenters. The molecule has 0 aromatic heterocycles. The van der Waals surface area contributed by atoms with Gasteiger partial charge in [0.15, 0.2) is 0 Å². The highest BCUT2D eigenvalue weighted by Gasteiger charge is 2.30. The van der Waals surface area contributed by atoms with E-state index in [0.29, 0.717) is 13.0 Å². The van der Waals surface area contributed by atoms with E-state index in [2.05, 4.69) is 0 Å². The second-order valence-electron chi connectivity index (χ2n) is 4.00. The molecule has 0 saturated carbocycles. The molecule has 0 radical (unpaired) electrons. The zero-order valence-corrected chi connectivity index (χ0v) is 9.86. The van der Waals surface area contributed by atoms with E-state index in [4.69, 9.17) is 16.3 Å². The zero-order valence-electron chi connectivity index (χ0n) is 9.10. The topological polar surface area (TPSA) is 12.5 Å². The van der Waals surface area contributed by atoms with Crippen molar-refractivity contribution in [2.24, 2.45) is 0 Å². The summed E-state index contributed by atoms with van der Waals surface area (Å²) in [5.41, 5.74) is 0. The molecule has 0 amide bonds. The number of hydrogen-bond acceptors (Lipinski definition) is 2. The molecule has 0 N–H and O–H groups in total. The number of halogens is 4. The van der Waals surface area contributed by atoms with Gasteiger partial charge in [-0.2, -0.15) is 13.2 Å². The predicted molar refractivity (Wildman–Crippen MR) is 56.8 cm³/mol. The highest BCUT2D eigenvalue weighted by Crippen LogP contribution is 2.19. The van der Waals surface area contributed by atoms with Crippen molar-refractivity contribution in [1.29, 1.82) is 0 Å². The summed E-state index contributed by atoms with van der Waals surface area (Å²) in [6.07, 6.45) is -1.39. The van der Waals surface area contributed by atoms with Crippen LogP contribution in [0.3, 0.4) is 0 Å². The lowest BCUT2D eigenvalue weighted by atomic mass is 10.2. The summed E-state index contributed by atoms with van der Waals surface area (Å²) in [6.45, 7) is 0.524. The SMILES string of the molecule is FC(F)(F)CN(CCCl)CCC1CCCO1. The maximum atomic E-state index is 12.2. The molecule has 1 heterocycles. The summed E-state index contributed by atoms with van der Waals surface area (Å²) in [5, 5.41) is 0. The second kappa shape index (κ2) is 6.67. The van der Waals surface area contributed by atoms with Gasteiger partial charge >= 0.3 is 6.18 Å². The zero-order chi connectivity index (χ0) is 12.0. The maximum Gasteiger partial charge on any atom is 0.401 e. The van der Waals surface area contributed by atoms with Gasteiger partial charge in [0.25, 0.3) is 0 Å². The molecule has 96 valence electrons. The van der Waals surface area contributed by atoms with Crippen molar-refractivity contribution in [3.63, 3.8) is 0 Å². The summed E-state index contributed by atoms with van der Waals surface area (Å²) in [6, 6.07) is 0. The maximum absolute atomic E-state index is 12.2. The van der Waals surface area contributed by atoms with Gasteiger partial charge in [-0.25, -0.2) is 0 Å². The first-order valence-electron chi connectivity index (χ1n) is 5.48. The van der Waals surface area contributed by atoms with Crippen molar-refractivity contribution in [3.8, 4) is 0 Å². The molecule has 0 aliphatic carbocycles. The van der Waals surface area contributed by atoms with Crippen molar-refractivity contribution in [1.82, 2.24) is 4.90 Å². The molecule has 0 bridgehead atoms. The minimum Gasteiger partial charge on any atom is -0.378 e. The third-order valence-corrected chi connectivity index (χ3v) is 2.76. The van der Waals surface area contributed by atoms with Crippen molar-refractivity contribution in [3.05, 3.63) is 0 Å². The Kier molecular flexibility index (Phi) is 5.86. The van der Waals surface area contributed by atoms with E-state index < -0.39 is 12.7 Å². The van der Waals surface area contributed by atoms with Crippen molar-refractivity contribution < 1.29 is 17.9 Å². The number of nitrogens with zero attached hydrogens (tertiary/aromatic N) is 1. The largest absolute Gasteiger partial charge is 0.401 e. The van der Waals surface area contributed by atoms with Gasteiger partial charge < -0.3 is 4.74 Å². The summed E-state index contributed by atoms with van der Waals surface area (Å²) >= 11 is 5.48. The fourth-order valence-corrected chi connectivity index (χ4v) is 2.08. The Hall–Kier alpha value is -0.0000000000000000208. The van der Waals surface area contributed by atoms with Gasteiger partial charge in [0.05, 0.1) is 12.6 Å². The lowest BCUT2D eigenvalue weighted by Crippen LogP contribution is -2.37. The van der Waals surface area contributed by atoms with Gasteiger partial charge in [0, 0.05) is 25.6 Å². The van der Waals surface area contributed by atoms with Crippen LogP contribution in [0.25, 0.3) is 0 Å². The van der Waals surface area contributed by atoms with Gasteiger partial charge in [-0.1, -0.05) is 0 Å². The van der Waals surface area contributed by atoms with Gasteiger partial charge in [0.2, 0.25) is 0 Å². The molecule has 16 heavy (non-hydrogen) atoms. The van der Waals surface area contributed by atoms with E-state index >= 15 is 0 Å². The van der Waals surface area contributed by atoms with Crippen LogP contribution in [0.4, 0.5) is 13.2 Å². The average Bonchev–Trinajstić information content (AvgIpc) is 2.64. The van der Waals surface area contributed by atoms with Crippen molar-refractivity contribution in [2.75, 3.05) is 32.1 Å². The molecular formula is C10H17ClF3NO. The van der Waals surface area contributed by atoms with Crippen molar-refractivity contribution >= 4 is 11.6 Å². The molecule has 1 rings (SSSR count). The van der Waals surface area contributed by atoms with Crippen LogP contribution in [-0.2, 0) is 4.74 Å². The fraction of sp³-hybridized carbons (Fsp3) is 1.00. The quantitative estimate of drug-likeness (QED) is 0.680. The van der Waals surface area contributed by atoms with E-state index in [1.54, 1.807) is 0 Å². The Labute approximate surface area is 98.7 Å². The normalized spacial score (nSPS) is 21.9. The molecule has 6 heteroatoms. The smallest absolute Gasteiger partial charge is 0.378 e. The van der Waals surface area contributed by atoms with E-state index in [9.17, 15) is 13.2 Å². The molecule has 0 aromatic carbocycles. The fourth-order valence-electron chi connectivity index (χ4n) is 1.84. The van der Waals surface area contributed by atoms with Crippen LogP contribution < -0.4 is 0 Å². The molecule has 1 aliphatic heterocycles. The Balaban J connectivity index is 2.26.